The molecule has 5 nitrogen and oxygen atoms in total. The standard InChI is InChI=1S/C18H17ClN2O3S3/c1-11-21-16(10-25-11)17-6-3-12(26-17)7-8-20-18(22)14-9-13(27(2,23)24)4-5-15(14)19/h3-6,9-10H,7-8H2,1-2H3,(H,20,22). The van der Waals surface area contributed by atoms with E-state index in [0.717, 1.165) is 26.7 Å². The zero-order valence-corrected chi connectivity index (χ0v) is 17.9. The van der Waals surface area contributed by atoms with Gasteiger partial charge >= 0.3 is 0 Å². The van der Waals surface area contributed by atoms with E-state index < -0.39 is 15.7 Å². The fraction of sp³-hybridized carbons (Fsp3) is 0.222. The Labute approximate surface area is 171 Å². The van der Waals surface area contributed by atoms with Crippen LogP contribution in [0.15, 0.2) is 40.6 Å². The van der Waals surface area contributed by atoms with Gasteiger partial charge in [0, 0.05) is 23.1 Å². The average molecular weight is 441 g/mol. The number of rotatable bonds is 6. The zero-order valence-electron chi connectivity index (χ0n) is 14.7. The number of halogens is 1. The molecule has 0 aliphatic rings. The van der Waals surface area contributed by atoms with Crippen LogP contribution >= 0.6 is 34.3 Å². The third kappa shape index (κ3) is 4.95. The molecule has 0 spiro atoms. The molecule has 1 amide bonds. The number of thiophene rings is 1. The summed E-state index contributed by atoms with van der Waals surface area (Å²) < 4.78 is 23.3. The first-order valence-electron chi connectivity index (χ1n) is 8.03. The van der Waals surface area contributed by atoms with Crippen LogP contribution in [0.4, 0.5) is 0 Å². The molecule has 3 rings (SSSR count). The van der Waals surface area contributed by atoms with Crippen LogP contribution in [0, 0.1) is 6.92 Å². The lowest BCUT2D eigenvalue weighted by Crippen LogP contribution is -2.26. The fourth-order valence-corrected chi connectivity index (χ4v) is 4.94. The Morgan fingerprint density at radius 2 is 2.04 bits per heavy atom. The van der Waals surface area contributed by atoms with Crippen molar-refractivity contribution in [3.63, 3.8) is 0 Å². The third-order valence-corrected chi connectivity index (χ3v) is 7.18. The van der Waals surface area contributed by atoms with Gasteiger partial charge < -0.3 is 5.32 Å². The smallest absolute Gasteiger partial charge is 0.252 e. The molecule has 0 aliphatic heterocycles. The maximum absolute atomic E-state index is 12.4. The lowest BCUT2D eigenvalue weighted by Gasteiger charge is -2.08. The SMILES string of the molecule is Cc1nc(-c2ccc(CCNC(=O)c3cc(S(C)(=O)=O)ccc3Cl)s2)cs1. The molecule has 0 unspecified atom stereocenters. The quantitative estimate of drug-likeness (QED) is 0.622. The monoisotopic (exact) mass is 440 g/mol. The minimum Gasteiger partial charge on any atom is -0.352 e. The fourth-order valence-electron chi connectivity index (χ4n) is 2.43. The number of nitrogens with zero attached hydrogens (tertiary/aromatic N) is 1. The summed E-state index contributed by atoms with van der Waals surface area (Å²) in [5, 5.41) is 6.07. The van der Waals surface area contributed by atoms with Crippen molar-refractivity contribution < 1.29 is 13.2 Å². The molecule has 0 atom stereocenters. The minimum absolute atomic E-state index is 0.0681. The van der Waals surface area contributed by atoms with Gasteiger partial charge in [-0.15, -0.1) is 22.7 Å². The lowest BCUT2D eigenvalue weighted by atomic mass is 10.2. The van der Waals surface area contributed by atoms with Crippen molar-refractivity contribution >= 4 is 50.0 Å². The van der Waals surface area contributed by atoms with Crippen LogP contribution in [0.3, 0.4) is 0 Å². The van der Waals surface area contributed by atoms with E-state index in [-0.39, 0.29) is 15.5 Å². The first-order chi connectivity index (χ1) is 12.7. The van der Waals surface area contributed by atoms with Gasteiger partial charge in [-0.2, -0.15) is 0 Å². The van der Waals surface area contributed by atoms with Crippen LogP contribution in [0.1, 0.15) is 20.2 Å². The zero-order chi connectivity index (χ0) is 19.6. The van der Waals surface area contributed by atoms with Gasteiger partial charge in [0.15, 0.2) is 9.84 Å². The van der Waals surface area contributed by atoms with E-state index in [1.165, 1.54) is 18.2 Å². The molecule has 3 aromatic rings. The van der Waals surface area contributed by atoms with Gasteiger partial charge in [-0.05, 0) is 43.7 Å². The molecule has 27 heavy (non-hydrogen) atoms. The summed E-state index contributed by atoms with van der Waals surface area (Å²) in [6, 6.07) is 8.18. The van der Waals surface area contributed by atoms with Gasteiger partial charge in [0.05, 0.1) is 31.1 Å². The minimum atomic E-state index is -3.40. The molecule has 142 valence electrons. The van der Waals surface area contributed by atoms with Crippen molar-refractivity contribution in [3.05, 3.63) is 56.2 Å². The number of amides is 1. The van der Waals surface area contributed by atoms with Gasteiger partial charge in [0.1, 0.15) is 0 Å². The number of aryl methyl sites for hydroxylation is 1. The molecule has 0 bridgehead atoms. The average Bonchev–Trinajstić information content (AvgIpc) is 3.23. The Bertz CT molecular complexity index is 1090. The van der Waals surface area contributed by atoms with Gasteiger partial charge in [-0.1, -0.05) is 11.6 Å². The van der Waals surface area contributed by atoms with E-state index >= 15 is 0 Å². The van der Waals surface area contributed by atoms with Crippen LogP contribution in [0.5, 0.6) is 0 Å². The molecule has 0 saturated carbocycles. The van der Waals surface area contributed by atoms with Crippen LogP contribution in [0.2, 0.25) is 5.02 Å². The molecule has 2 heterocycles. The summed E-state index contributed by atoms with van der Waals surface area (Å²) in [6.45, 7) is 2.40. The summed E-state index contributed by atoms with van der Waals surface area (Å²) in [5.74, 6) is -0.391. The summed E-state index contributed by atoms with van der Waals surface area (Å²) >= 11 is 9.31. The second-order valence-electron chi connectivity index (χ2n) is 5.94. The first kappa shape index (κ1) is 20.0. The maximum atomic E-state index is 12.4. The molecule has 0 aliphatic carbocycles. The van der Waals surface area contributed by atoms with Crippen molar-refractivity contribution in [2.75, 3.05) is 12.8 Å². The van der Waals surface area contributed by atoms with E-state index in [1.807, 2.05) is 24.4 Å². The van der Waals surface area contributed by atoms with Crippen molar-refractivity contribution in [1.29, 1.82) is 0 Å². The number of aromatic nitrogens is 1. The highest BCUT2D eigenvalue weighted by Gasteiger charge is 2.15. The number of carbonyl (C=O) groups excluding carboxylic acids is 1. The molecule has 0 saturated heterocycles. The molecule has 9 heteroatoms. The highest BCUT2D eigenvalue weighted by Crippen LogP contribution is 2.29. The van der Waals surface area contributed by atoms with Crippen LogP contribution in [-0.2, 0) is 16.3 Å². The van der Waals surface area contributed by atoms with Crippen LogP contribution in [0.25, 0.3) is 10.6 Å². The Morgan fingerprint density at radius 3 is 2.70 bits per heavy atom. The van der Waals surface area contributed by atoms with Crippen molar-refractivity contribution in [1.82, 2.24) is 10.3 Å². The molecular weight excluding hydrogens is 424 g/mol. The van der Waals surface area contributed by atoms with Crippen LogP contribution < -0.4 is 5.32 Å². The van der Waals surface area contributed by atoms with Gasteiger partial charge in [-0.25, -0.2) is 13.4 Å². The predicted molar refractivity (Wildman–Crippen MR) is 111 cm³/mol. The Kier molecular flexibility index (Phi) is 6.00. The highest BCUT2D eigenvalue weighted by molar-refractivity contribution is 7.90. The maximum Gasteiger partial charge on any atom is 0.252 e. The lowest BCUT2D eigenvalue weighted by molar-refractivity contribution is 0.0954. The third-order valence-electron chi connectivity index (χ3n) is 3.80. The Hall–Kier alpha value is -1.74. The van der Waals surface area contributed by atoms with E-state index in [0.29, 0.717) is 13.0 Å². The van der Waals surface area contributed by atoms with E-state index in [2.05, 4.69) is 10.3 Å². The number of hydrogen-bond acceptors (Lipinski definition) is 6. The molecule has 1 aromatic carbocycles. The molecular formula is C18H17ClN2O3S3. The number of sulfone groups is 1. The van der Waals surface area contributed by atoms with Gasteiger partial charge in [-0.3, -0.25) is 4.79 Å². The Morgan fingerprint density at radius 1 is 1.26 bits per heavy atom. The van der Waals surface area contributed by atoms with Crippen LogP contribution in [-0.4, -0.2) is 32.1 Å². The number of benzene rings is 1. The summed E-state index contributed by atoms with van der Waals surface area (Å²) in [5.41, 5.74) is 1.13. The summed E-state index contributed by atoms with van der Waals surface area (Å²) in [6.07, 6.45) is 1.76. The van der Waals surface area contributed by atoms with Gasteiger partial charge in [0.2, 0.25) is 0 Å². The molecule has 0 fully saturated rings. The number of thiazole rings is 1. The second-order valence-corrected chi connectivity index (χ2v) is 10.6. The topological polar surface area (TPSA) is 76.1 Å². The van der Waals surface area contributed by atoms with Crippen molar-refractivity contribution in [2.24, 2.45) is 0 Å². The second kappa shape index (κ2) is 8.10. The normalized spacial score (nSPS) is 11.5. The Balaban J connectivity index is 1.63. The van der Waals surface area contributed by atoms with E-state index in [9.17, 15) is 13.2 Å². The number of nitrogens with one attached hydrogen (secondary N) is 1. The van der Waals surface area contributed by atoms with Crippen molar-refractivity contribution in [2.45, 2.75) is 18.2 Å². The summed E-state index contributed by atoms with van der Waals surface area (Å²) in [4.78, 5) is 19.1. The number of carbonyl (C=O) groups is 1. The van der Waals surface area contributed by atoms with E-state index in [4.69, 9.17) is 11.6 Å². The largest absolute Gasteiger partial charge is 0.352 e. The molecule has 0 radical (unpaired) electrons. The highest BCUT2D eigenvalue weighted by atomic mass is 35.5. The van der Waals surface area contributed by atoms with Crippen molar-refractivity contribution in [3.8, 4) is 10.6 Å². The first-order valence-corrected chi connectivity index (χ1v) is 12.0. The predicted octanol–water partition coefficient (Wildman–Crippen LogP) is 4.21. The number of hydrogen-bond donors (Lipinski definition) is 1. The molecule has 1 N–H and O–H groups in total. The summed E-state index contributed by atoms with van der Waals surface area (Å²) in [7, 11) is -3.40. The molecule has 2 aromatic heterocycles. The van der Waals surface area contributed by atoms with Gasteiger partial charge in [0.25, 0.3) is 5.91 Å². The van der Waals surface area contributed by atoms with E-state index in [1.54, 1.807) is 22.7 Å².